The van der Waals surface area contributed by atoms with Crippen LogP contribution in [0.1, 0.15) is 64.4 Å². The Labute approximate surface area is 162 Å². The number of ether oxygens (including phenoxy) is 1. The van der Waals surface area contributed by atoms with Crippen LogP contribution in [-0.2, 0) is 11.2 Å². The van der Waals surface area contributed by atoms with Crippen molar-refractivity contribution >= 4 is 11.6 Å². The normalized spacial score (nSPS) is 20.6. The highest BCUT2D eigenvalue weighted by atomic mass is 16.5. The van der Waals surface area contributed by atoms with Crippen molar-refractivity contribution in [1.82, 2.24) is 5.32 Å². The highest BCUT2D eigenvalue weighted by Gasteiger charge is 2.32. The van der Waals surface area contributed by atoms with Crippen molar-refractivity contribution in [2.45, 2.75) is 77.2 Å². The summed E-state index contributed by atoms with van der Waals surface area (Å²) < 4.78 is 6.29. The predicted octanol–water partition coefficient (Wildman–Crippen LogP) is 3.90. The van der Waals surface area contributed by atoms with E-state index >= 15 is 0 Å². The van der Waals surface area contributed by atoms with Crippen LogP contribution in [0.3, 0.4) is 0 Å². The van der Waals surface area contributed by atoms with Gasteiger partial charge >= 0.3 is 0 Å². The molecule has 1 aromatic carbocycles. The first-order valence-electron chi connectivity index (χ1n) is 10.3. The van der Waals surface area contributed by atoms with E-state index in [1.165, 1.54) is 6.42 Å². The van der Waals surface area contributed by atoms with Gasteiger partial charge in [0.1, 0.15) is 11.5 Å². The van der Waals surface area contributed by atoms with Crippen LogP contribution < -0.4 is 15.0 Å². The van der Waals surface area contributed by atoms with E-state index in [1.54, 1.807) is 0 Å². The fraction of sp³-hybridized carbons (Fsp3) is 0.591. The van der Waals surface area contributed by atoms with E-state index in [2.05, 4.69) is 12.2 Å². The van der Waals surface area contributed by atoms with Crippen LogP contribution in [0, 0.1) is 0 Å². The van der Waals surface area contributed by atoms with Crippen molar-refractivity contribution in [3.8, 4) is 5.75 Å². The number of carbonyl (C=O) groups excluding carboxylic acids is 1. The van der Waals surface area contributed by atoms with Crippen LogP contribution in [0.15, 0.2) is 30.4 Å². The Morgan fingerprint density at radius 1 is 1.30 bits per heavy atom. The van der Waals surface area contributed by atoms with Crippen molar-refractivity contribution in [1.29, 1.82) is 0 Å². The largest absolute Gasteiger partial charge is 0.475 e. The smallest absolute Gasteiger partial charge is 0.227 e. The van der Waals surface area contributed by atoms with Gasteiger partial charge in [-0.05, 0) is 57.6 Å². The minimum Gasteiger partial charge on any atom is -0.475 e. The van der Waals surface area contributed by atoms with Crippen molar-refractivity contribution in [3.63, 3.8) is 0 Å². The Balaban J connectivity index is 1.78. The van der Waals surface area contributed by atoms with E-state index in [0.29, 0.717) is 19.4 Å². The summed E-state index contributed by atoms with van der Waals surface area (Å²) in [7, 11) is 0. The topological polar surface area (TPSA) is 61.8 Å². The number of anilines is 1. The molecule has 1 aliphatic heterocycles. The zero-order valence-corrected chi connectivity index (χ0v) is 16.5. The van der Waals surface area contributed by atoms with Crippen LogP contribution in [0.2, 0.25) is 0 Å². The van der Waals surface area contributed by atoms with E-state index < -0.39 is 5.72 Å². The predicted molar refractivity (Wildman–Crippen MR) is 108 cm³/mol. The second kappa shape index (κ2) is 8.89. The van der Waals surface area contributed by atoms with Crippen molar-refractivity contribution in [3.05, 3.63) is 35.9 Å². The average Bonchev–Trinajstić information content (AvgIpc) is 2.67. The van der Waals surface area contributed by atoms with Crippen molar-refractivity contribution < 1.29 is 14.6 Å². The fourth-order valence-electron chi connectivity index (χ4n) is 4.03. The van der Waals surface area contributed by atoms with Crippen LogP contribution >= 0.6 is 0 Å². The minimum atomic E-state index is -0.832. The number of aliphatic hydroxyl groups is 1. The first-order valence-corrected chi connectivity index (χ1v) is 10.3. The number of amides is 1. The Bertz CT molecular complexity index is 680. The molecule has 1 aromatic rings. The summed E-state index contributed by atoms with van der Waals surface area (Å²) in [5.41, 5.74) is 1.19. The number of hydrogen-bond acceptors (Lipinski definition) is 4. The van der Waals surface area contributed by atoms with E-state index in [-0.39, 0.29) is 12.1 Å². The van der Waals surface area contributed by atoms with Gasteiger partial charge < -0.3 is 14.7 Å². The molecule has 1 amide bonds. The Hall–Kier alpha value is -1.85. The lowest BCUT2D eigenvalue weighted by atomic mass is 9.91. The van der Waals surface area contributed by atoms with Gasteiger partial charge in [-0.25, -0.2) is 0 Å². The molecule has 2 N–H and O–H groups in total. The van der Waals surface area contributed by atoms with E-state index in [0.717, 1.165) is 49.1 Å². The Kier molecular flexibility index (Phi) is 6.55. The van der Waals surface area contributed by atoms with Gasteiger partial charge in [-0.2, -0.15) is 0 Å². The number of hydrogen-bond donors (Lipinski definition) is 2. The summed E-state index contributed by atoms with van der Waals surface area (Å²) in [6.07, 6.45) is 10.5. The van der Waals surface area contributed by atoms with Crippen LogP contribution in [0.25, 0.3) is 0 Å². The summed E-state index contributed by atoms with van der Waals surface area (Å²) in [5.74, 6) is 0.962. The maximum Gasteiger partial charge on any atom is 0.227 e. The highest BCUT2D eigenvalue weighted by molar-refractivity contribution is 5.97. The van der Waals surface area contributed by atoms with Crippen molar-refractivity contribution in [2.24, 2.45) is 0 Å². The summed E-state index contributed by atoms with van der Waals surface area (Å²) in [6, 6.07) is 5.90. The lowest BCUT2D eigenvalue weighted by Crippen LogP contribution is -2.53. The summed E-state index contributed by atoms with van der Waals surface area (Å²) in [6.45, 7) is 4.60. The molecule has 0 radical (unpaired) electrons. The molecule has 1 aliphatic carbocycles. The Morgan fingerprint density at radius 2 is 2.07 bits per heavy atom. The van der Waals surface area contributed by atoms with Gasteiger partial charge in [-0.1, -0.05) is 31.6 Å². The molecule has 2 aliphatic rings. The molecule has 5 nitrogen and oxygen atoms in total. The van der Waals surface area contributed by atoms with Crippen LogP contribution in [0.4, 0.5) is 5.69 Å². The van der Waals surface area contributed by atoms with Gasteiger partial charge in [0.15, 0.2) is 6.23 Å². The van der Waals surface area contributed by atoms with Gasteiger partial charge in [0, 0.05) is 18.5 Å². The summed E-state index contributed by atoms with van der Waals surface area (Å²) >= 11 is 0. The van der Waals surface area contributed by atoms with Gasteiger partial charge in [0.05, 0.1) is 5.69 Å². The minimum absolute atomic E-state index is 0.152. The average molecular weight is 373 g/mol. The third-order valence-corrected chi connectivity index (χ3v) is 5.56. The maximum absolute atomic E-state index is 12.4. The number of nitrogens with zero attached hydrogens (tertiary/aromatic N) is 1. The summed E-state index contributed by atoms with van der Waals surface area (Å²) in [4.78, 5) is 14.2. The molecule has 0 saturated heterocycles. The molecule has 1 saturated carbocycles. The zero-order valence-electron chi connectivity index (χ0n) is 16.5. The number of carbonyl (C=O) groups is 1. The maximum atomic E-state index is 12.4. The first kappa shape index (κ1) is 19.9. The quantitative estimate of drug-likeness (QED) is 0.563. The first-order chi connectivity index (χ1) is 13.1. The molecule has 1 atom stereocenters. The second-order valence-corrected chi connectivity index (χ2v) is 7.58. The number of allylic oxidation sites excluding steroid dienone is 1. The number of rotatable bonds is 7. The third-order valence-electron chi connectivity index (χ3n) is 5.56. The molecule has 3 rings (SSSR count). The highest BCUT2D eigenvalue weighted by Crippen LogP contribution is 2.35. The number of benzene rings is 1. The molecule has 1 unspecified atom stereocenters. The lowest BCUT2D eigenvalue weighted by molar-refractivity contribution is -0.118. The van der Waals surface area contributed by atoms with Crippen LogP contribution in [-0.4, -0.2) is 29.5 Å². The van der Waals surface area contributed by atoms with Gasteiger partial charge in [0.2, 0.25) is 5.91 Å². The molecule has 0 bridgehead atoms. The lowest BCUT2D eigenvalue weighted by Gasteiger charge is -2.37. The fourth-order valence-corrected chi connectivity index (χ4v) is 4.03. The number of fused-ring (bicyclic) bond motifs is 1. The van der Waals surface area contributed by atoms with Gasteiger partial charge in [-0.15, -0.1) is 0 Å². The van der Waals surface area contributed by atoms with Gasteiger partial charge in [0.25, 0.3) is 0 Å². The molecule has 0 spiro atoms. The summed E-state index contributed by atoms with van der Waals surface area (Å²) in [5, 5.41) is 14.1. The SMILES string of the molecule is C/C=C/CN1C(=O)CCc2c(OC(CC)NC3(O)CCCCC3)cccc21. The van der Waals surface area contributed by atoms with Crippen LogP contribution in [0.5, 0.6) is 5.75 Å². The standard InChI is InChI=1S/C22H32N2O3/c1-3-5-16-24-18-10-9-11-19(17(18)12-13-21(24)25)27-20(4-2)23-22(26)14-7-6-8-15-22/h3,5,9-11,20,23,26H,4,6-8,12-16H2,1-2H3/b5-3+. The molecule has 5 heteroatoms. The van der Waals surface area contributed by atoms with E-state index in [9.17, 15) is 9.90 Å². The Morgan fingerprint density at radius 3 is 2.78 bits per heavy atom. The molecule has 0 aromatic heterocycles. The molecule has 148 valence electrons. The molecular formula is C22H32N2O3. The monoisotopic (exact) mass is 372 g/mol. The molecule has 27 heavy (non-hydrogen) atoms. The molecule has 1 heterocycles. The number of nitrogens with one attached hydrogen (secondary N) is 1. The molecule has 1 fully saturated rings. The van der Waals surface area contributed by atoms with Gasteiger partial charge in [-0.3, -0.25) is 10.1 Å². The molecular weight excluding hydrogens is 340 g/mol. The van der Waals surface area contributed by atoms with Crippen molar-refractivity contribution in [2.75, 3.05) is 11.4 Å². The van der Waals surface area contributed by atoms with E-state index in [4.69, 9.17) is 4.74 Å². The third kappa shape index (κ3) is 4.71. The van der Waals surface area contributed by atoms with E-state index in [1.807, 2.05) is 42.2 Å². The second-order valence-electron chi connectivity index (χ2n) is 7.58. The zero-order chi connectivity index (χ0) is 19.3.